The van der Waals surface area contributed by atoms with Crippen LogP contribution in [0.2, 0.25) is 0 Å². The predicted octanol–water partition coefficient (Wildman–Crippen LogP) is 4.06. The first kappa shape index (κ1) is 17.0. The van der Waals surface area contributed by atoms with Gasteiger partial charge in [-0.1, -0.05) is 33.6 Å². The first-order valence-corrected chi connectivity index (χ1v) is 8.60. The topological polar surface area (TPSA) is 15.3 Å². The Kier molecular flexibility index (Phi) is 8.72. The molecule has 0 aromatic carbocycles. The fourth-order valence-corrected chi connectivity index (χ4v) is 3.18. The molecule has 0 aliphatic carbocycles. The van der Waals surface area contributed by atoms with E-state index in [4.69, 9.17) is 0 Å². The highest BCUT2D eigenvalue weighted by Crippen LogP contribution is 2.14. The Morgan fingerprint density at radius 2 is 1.89 bits per heavy atom. The van der Waals surface area contributed by atoms with E-state index in [1.165, 1.54) is 64.6 Å². The van der Waals surface area contributed by atoms with Crippen molar-refractivity contribution in [2.45, 2.75) is 84.7 Å². The Labute approximate surface area is 121 Å². The molecule has 1 aliphatic rings. The van der Waals surface area contributed by atoms with Gasteiger partial charge in [0.25, 0.3) is 0 Å². The van der Waals surface area contributed by atoms with E-state index in [1.54, 1.807) is 0 Å². The highest BCUT2D eigenvalue weighted by molar-refractivity contribution is 4.77. The lowest BCUT2D eigenvalue weighted by Crippen LogP contribution is -2.37. The van der Waals surface area contributed by atoms with Crippen molar-refractivity contribution in [1.29, 1.82) is 0 Å². The quantitative estimate of drug-likeness (QED) is 0.714. The first-order valence-electron chi connectivity index (χ1n) is 8.60. The maximum atomic E-state index is 3.87. The lowest BCUT2D eigenvalue weighted by molar-refractivity contribution is 0.281. The lowest BCUT2D eigenvalue weighted by atomic mass is 10.0. The Balaban J connectivity index is 2.17. The molecule has 2 unspecified atom stereocenters. The first-order chi connectivity index (χ1) is 9.11. The number of nitrogens with zero attached hydrogens (tertiary/aromatic N) is 1. The van der Waals surface area contributed by atoms with Crippen molar-refractivity contribution in [2.24, 2.45) is 5.92 Å². The van der Waals surface area contributed by atoms with Crippen LogP contribution in [0.25, 0.3) is 0 Å². The summed E-state index contributed by atoms with van der Waals surface area (Å²) in [6.45, 7) is 13.2. The maximum Gasteiger partial charge on any atom is 0.00821 e. The molecular weight excluding hydrogens is 232 g/mol. The third-order valence-corrected chi connectivity index (χ3v) is 4.30. The zero-order valence-electron chi connectivity index (χ0n) is 13.8. The molecule has 2 atom stereocenters. The second kappa shape index (κ2) is 9.77. The van der Waals surface area contributed by atoms with E-state index in [2.05, 4.69) is 37.9 Å². The van der Waals surface area contributed by atoms with Crippen molar-refractivity contribution in [3.63, 3.8) is 0 Å². The SMILES string of the molecule is CCCN1CCCC(NC(C)CCCC(C)C)CC1. The van der Waals surface area contributed by atoms with Crippen LogP contribution in [0.3, 0.4) is 0 Å². The number of likely N-dealkylation sites (tertiary alicyclic amines) is 1. The summed E-state index contributed by atoms with van der Waals surface area (Å²) >= 11 is 0. The molecule has 0 amide bonds. The van der Waals surface area contributed by atoms with Crippen LogP contribution < -0.4 is 5.32 Å². The lowest BCUT2D eigenvalue weighted by Gasteiger charge is -2.23. The van der Waals surface area contributed by atoms with Crippen LogP contribution in [0.15, 0.2) is 0 Å². The molecule has 1 aliphatic heterocycles. The second-order valence-corrected chi connectivity index (χ2v) is 6.86. The van der Waals surface area contributed by atoms with Crippen LogP contribution in [0.4, 0.5) is 0 Å². The molecule has 1 heterocycles. The van der Waals surface area contributed by atoms with E-state index in [-0.39, 0.29) is 0 Å². The monoisotopic (exact) mass is 268 g/mol. The Morgan fingerprint density at radius 1 is 1.11 bits per heavy atom. The maximum absolute atomic E-state index is 3.87. The molecule has 0 saturated carbocycles. The minimum Gasteiger partial charge on any atom is -0.311 e. The minimum absolute atomic E-state index is 0.696. The molecule has 0 spiro atoms. The van der Waals surface area contributed by atoms with Gasteiger partial charge in [0, 0.05) is 12.1 Å². The van der Waals surface area contributed by atoms with Crippen molar-refractivity contribution in [2.75, 3.05) is 19.6 Å². The third kappa shape index (κ3) is 7.94. The summed E-state index contributed by atoms with van der Waals surface area (Å²) in [5.74, 6) is 0.854. The average molecular weight is 268 g/mol. The summed E-state index contributed by atoms with van der Waals surface area (Å²) in [7, 11) is 0. The van der Waals surface area contributed by atoms with Crippen LogP contribution in [0.1, 0.15) is 72.6 Å². The molecule has 0 radical (unpaired) electrons. The number of hydrogen-bond donors (Lipinski definition) is 1. The van der Waals surface area contributed by atoms with Gasteiger partial charge in [0.15, 0.2) is 0 Å². The van der Waals surface area contributed by atoms with Gasteiger partial charge in [-0.15, -0.1) is 0 Å². The summed E-state index contributed by atoms with van der Waals surface area (Å²) < 4.78 is 0. The van der Waals surface area contributed by atoms with Gasteiger partial charge in [-0.2, -0.15) is 0 Å². The highest BCUT2D eigenvalue weighted by Gasteiger charge is 2.17. The second-order valence-electron chi connectivity index (χ2n) is 6.86. The Morgan fingerprint density at radius 3 is 2.58 bits per heavy atom. The minimum atomic E-state index is 0.696. The largest absolute Gasteiger partial charge is 0.311 e. The standard InChI is InChI=1S/C17H36N2/c1-5-12-19-13-7-10-17(11-14-19)18-16(4)9-6-8-15(2)3/h15-18H,5-14H2,1-4H3. The van der Waals surface area contributed by atoms with E-state index in [0.717, 1.165) is 12.0 Å². The van der Waals surface area contributed by atoms with Crippen LogP contribution in [0, 0.1) is 5.92 Å². The molecular formula is C17H36N2. The van der Waals surface area contributed by atoms with Gasteiger partial charge in [0.1, 0.15) is 0 Å². The van der Waals surface area contributed by atoms with Gasteiger partial charge in [-0.25, -0.2) is 0 Å². The summed E-state index contributed by atoms with van der Waals surface area (Å²) in [6.07, 6.45) is 9.47. The van der Waals surface area contributed by atoms with Gasteiger partial charge >= 0.3 is 0 Å². The highest BCUT2D eigenvalue weighted by atomic mass is 15.1. The molecule has 2 heteroatoms. The predicted molar refractivity (Wildman–Crippen MR) is 85.7 cm³/mol. The zero-order chi connectivity index (χ0) is 14.1. The van der Waals surface area contributed by atoms with Gasteiger partial charge in [0.2, 0.25) is 0 Å². The number of nitrogens with one attached hydrogen (secondary N) is 1. The molecule has 0 aromatic heterocycles. The normalized spacial score (nSPS) is 23.5. The van der Waals surface area contributed by atoms with Gasteiger partial charge in [0.05, 0.1) is 0 Å². The van der Waals surface area contributed by atoms with Crippen molar-refractivity contribution >= 4 is 0 Å². The Bertz CT molecular complexity index is 215. The van der Waals surface area contributed by atoms with Crippen molar-refractivity contribution in [3.8, 4) is 0 Å². The molecule has 1 rings (SSSR count). The van der Waals surface area contributed by atoms with Gasteiger partial charge < -0.3 is 10.2 Å². The van der Waals surface area contributed by atoms with Gasteiger partial charge in [-0.3, -0.25) is 0 Å². The van der Waals surface area contributed by atoms with E-state index in [0.29, 0.717) is 6.04 Å². The molecule has 1 saturated heterocycles. The van der Waals surface area contributed by atoms with E-state index in [9.17, 15) is 0 Å². The average Bonchev–Trinajstić information content (AvgIpc) is 2.55. The summed E-state index contributed by atoms with van der Waals surface area (Å²) in [5, 5.41) is 3.87. The summed E-state index contributed by atoms with van der Waals surface area (Å²) in [4.78, 5) is 2.64. The van der Waals surface area contributed by atoms with Crippen LogP contribution in [-0.4, -0.2) is 36.6 Å². The van der Waals surface area contributed by atoms with Gasteiger partial charge in [-0.05, 0) is 64.6 Å². The smallest absolute Gasteiger partial charge is 0.00821 e. The Hall–Kier alpha value is -0.0800. The van der Waals surface area contributed by atoms with Crippen LogP contribution >= 0.6 is 0 Å². The van der Waals surface area contributed by atoms with Crippen LogP contribution in [0.5, 0.6) is 0 Å². The molecule has 1 fully saturated rings. The van der Waals surface area contributed by atoms with Crippen molar-refractivity contribution in [3.05, 3.63) is 0 Å². The number of rotatable bonds is 8. The zero-order valence-corrected chi connectivity index (χ0v) is 13.8. The molecule has 1 N–H and O–H groups in total. The summed E-state index contributed by atoms with van der Waals surface area (Å²) in [6, 6.07) is 1.46. The molecule has 114 valence electrons. The fraction of sp³-hybridized carbons (Fsp3) is 1.00. The fourth-order valence-electron chi connectivity index (χ4n) is 3.18. The van der Waals surface area contributed by atoms with Crippen LogP contribution in [-0.2, 0) is 0 Å². The number of hydrogen-bond acceptors (Lipinski definition) is 2. The molecule has 19 heavy (non-hydrogen) atoms. The molecule has 2 nitrogen and oxygen atoms in total. The van der Waals surface area contributed by atoms with E-state index < -0.39 is 0 Å². The van der Waals surface area contributed by atoms with Crippen molar-refractivity contribution in [1.82, 2.24) is 10.2 Å². The van der Waals surface area contributed by atoms with Crippen molar-refractivity contribution < 1.29 is 0 Å². The summed E-state index contributed by atoms with van der Waals surface area (Å²) in [5.41, 5.74) is 0. The molecule has 0 aromatic rings. The van der Waals surface area contributed by atoms with E-state index >= 15 is 0 Å². The third-order valence-electron chi connectivity index (χ3n) is 4.30. The van der Waals surface area contributed by atoms with E-state index in [1.807, 2.05) is 0 Å². The molecule has 0 bridgehead atoms.